The molecule has 2 heterocycles. The highest BCUT2D eigenvalue weighted by Gasteiger charge is 2.36. The molecule has 0 saturated carbocycles. The molecule has 0 saturated heterocycles. The number of benzene rings is 2. The van der Waals surface area contributed by atoms with Crippen molar-refractivity contribution >= 4 is 27.7 Å². The molecule has 4 rings (SSSR count). The maximum atomic E-state index is 2.39. The lowest BCUT2D eigenvalue weighted by Crippen LogP contribution is -2.30. The summed E-state index contributed by atoms with van der Waals surface area (Å²) in [5.74, 6) is 0. The van der Waals surface area contributed by atoms with Gasteiger partial charge in [-0.25, -0.2) is 0 Å². The highest BCUT2D eigenvalue weighted by atomic mass is 32.1. The van der Waals surface area contributed by atoms with Crippen molar-refractivity contribution in [1.29, 1.82) is 0 Å². The zero-order chi connectivity index (χ0) is 14.4. The molecule has 0 fully saturated rings. The minimum atomic E-state index is 0.0287. The number of rotatable bonds is 1. The Bertz CT molecular complexity index is 737. The van der Waals surface area contributed by atoms with Crippen LogP contribution in [0.3, 0.4) is 0 Å². The lowest BCUT2D eigenvalue weighted by Gasteiger charge is -2.41. The Morgan fingerprint density at radius 1 is 0.762 bits per heavy atom. The molecule has 1 aromatic heterocycles. The lowest BCUT2D eigenvalue weighted by atomic mass is 9.74. The van der Waals surface area contributed by atoms with Crippen LogP contribution in [0.2, 0.25) is 0 Å². The fourth-order valence-corrected chi connectivity index (χ4v) is 4.06. The largest absolute Gasteiger partial charge is 0.301 e. The molecule has 0 spiro atoms. The third kappa shape index (κ3) is 1.76. The monoisotopic (exact) mass is 291 g/mol. The van der Waals surface area contributed by atoms with Crippen molar-refractivity contribution < 1.29 is 0 Å². The molecule has 21 heavy (non-hydrogen) atoms. The minimum absolute atomic E-state index is 0.0287. The molecule has 1 aliphatic heterocycles. The maximum absolute atomic E-state index is 2.39. The van der Waals surface area contributed by atoms with Crippen molar-refractivity contribution in [3.8, 4) is 0 Å². The molecule has 3 aromatic rings. The van der Waals surface area contributed by atoms with Gasteiger partial charge in [0.25, 0.3) is 0 Å². The third-order valence-corrected chi connectivity index (χ3v) is 5.22. The minimum Gasteiger partial charge on any atom is -0.301 e. The first-order valence-corrected chi connectivity index (χ1v) is 8.10. The van der Waals surface area contributed by atoms with Crippen LogP contribution >= 0.6 is 11.3 Å². The van der Waals surface area contributed by atoms with Crippen molar-refractivity contribution in [2.75, 3.05) is 4.90 Å². The van der Waals surface area contributed by atoms with E-state index in [1.807, 2.05) is 0 Å². The molecular weight excluding hydrogens is 274 g/mol. The summed E-state index contributed by atoms with van der Waals surface area (Å²) in [6.45, 7) is 4.63. The van der Waals surface area contributed by atoms with E-state index in [-0.39, 0.29) is 5.41 Å². The third-order valence-electron chi connectivity index (χ3n) is 4.36. The fourth-order valence-electron chi connectivity index (χ4n) is 3.30. The summed E-state index contributed by atoms with van der Waals surface area (Å²) >= 11 is 1.78. The summed E-state index contributed by atoms with van der Waals surface area (Å²) in [5.41, 5.74) is 5.39. The Morgan fingerprint density at radius 3 is 1.86 bits per heavy atom. The van der Waals surface area contributed by atoms with Gasteiger partial charge in [0.05, 0.1) is 16.4 Å². The first-order valence-electron chi connectivity index (χ1n) is 7.22. The quantitative estimate of drug-likeness (QED) is 0.543. The molecule has 2 heteroatoms. The van der Waals surface area contributed by atoms with Crippen LogP contribution in [0.15, 0.2) is 66.0 Å². The number of anilines is 3. The van der Waals surface area contributed by atoms with Crippen LogP contribution in [0, 0.1) is 0 Å². The number of para-hydroxylation sites is 2. The Labute approximate surface area is 129 Å². The van der Waals surface area contributed by atoms with Gasteiger partial charge in [0.15, 0.2) is 0 Å². The van der Waals surface area contributed by atoms with Crippen molar-refractivity contribution in [2.24, 2.45) is 0 Å². The highest BCUT2D eigenvalue weighted by molar-refractivity contribution is 7.14. The molecule has 0 aliphatic carbocycles. The molecule has 2 aromatic carbocycles. The van der Waals surface area contributed by atoms with Gasteiger partial charge in [0, 0.05) is 5.41 Å². The number of fused-ring (bicyclic) bond motifs is 2. The van der Waals surface area contributed by atoms with Crippen LogP contribution in [0.5, 0.6) is 0 Å². The second-order valence-corrected chi connectivity index (χ2v) is 6.87. The summed E-state index contributed by atoms with van der Waals surface area (Å²) in [6, 6.07) is 21.8. The van der Waals surface area contributed by atoms with Crippen LogP contribution in [-0.4, -0.2) is 0 Å². The van der Waals surface area contributed by atoms with Crippen molar-refractivity contribution in [1.82, 2.24) is 0 Å². The predicted octanol–water partition coefficient (Wildman–Crippen LogP) is 5.86. The second-order valence-electron chi connectivity index (χ2n) is 5.95. The maximum Gasteiger partial charge on any atom is 0.0999 e. The molecule has 0 amide bonds. The summed E-state index contributed by atoms with van der Waals surface area (Å²) in [5, 5.41) is 3.41. The van der Waals surface area contributed by atoms with Gasteiger partial charge < -0.3 is 4.90 Å². The van der Waals surface area contributed by atoms with E-state index >= 15 is 0 Å². The Morgan fingerprint density at radius 2 is 1.33 bits per heavy atom. The zero-order valence-corrected chi connectivity index (χ0v) is 13.0. The SMILES string of the molecule is CC1(C)c2ccccc2N(c2cccs2)c2ccccc21. The number of hydrogen-bond donors (Lipinski definition) is 0. The van der Waals surface area contributed by atoms with Gasteiger partial charge in [-0.15, -0.1) is 11.3 Å². The normalized spacial score (nSPS) is 15.4. The molecular formula is C19H17NS. The molecule has 0 radical (unpaired) electrons. The Balaban J connectivity index is 2.06. The fraction of sp³-hybridized carbons (Fsp3) is 0.158. The van der Waals surface area contributed by atoms with E-state index in [1.54, 1.807) is 11.3 Å². The lowest BCUT2D eigenvalue weighted by molar-refractivity contribution is 0.632. The van der Waals surface area contributed by atoms with E-state index < -0.39 is 0 Å². The summed E-state index contributed by atoms with van der Waals surface area (Å²) < 4.78 is 0. The van der Waals surface area contributed by atoms with E-state index in [1.165, 1.54) is 27.5 Å². The first kappa shape index (κ1) is 12.7. The first-order chi connectivity index (χ1) is 10.2. The summed E-state index contributed by atoms with van der Waals surface area (Å²) in [6.07, 6.45) is 0. The smallest absolute Gasteiger partial charge is 0.0999 e. The molecule has 0 bridgehead atoms. The van der Waals surface area contributed by atoms with Gasteiger partial charge in [0.2, 0.25) is 0 Å². The van der Waals surface area contributed by atoms with E-state index in [2.05, 4.69) is 84.8 Å². The standard InChI is InChI=1S/C19H17NS/c1-19(2)14-8-3-5-10-16(14)20(18-12-7-13-21-18)17-11-6-4-9-15(17)19/h3-13H,1-2H3. The van der Waals surface area contributed by atoms with Gasteiger partial charge in [-0.3, -0.25) is 0 Å². The van der Waals surface area contributed by atoms with E-state index in [0.29, 0.717) is 0 Å². The molecule has 1 nitrogen and oxygen atoms in total. The van der Waals surface area contributed by atoms with Gasteiger partial charge >= 0.3 is 0 Å². The van der Waals surface area contributed by atoms with E-state index in [0.717, 1.165) is 0 Å². The number of nitrogens with zero attached hydrogens (tertiary/aromatic N) is 1. The van der Waals surface area contributed by atoms with Crippen LogP contribution in [0.25, 0.3) is 0 Å². The number of hydrogen-bond acceptors (Lipinski definition) is 2. The Hall–Kier alpha value is -2.06. The molecule has 0 atom stereocenters. The van der Waals surface area contributed by atoms with Crippen LogP contribution < -0.4 is 4.90 Å². The Kier molecular flexibility index (Phi) is 2.69. The van der Waals surface area contributed by atoms with Gasteiger partial charge in [-0.1, -0.05) is 50.2 Å². The van der Waals surface area contributed by atoms with Crippen LogP contribution in [-0.2, 0) is 5.41 Å². The zero-order valence-electron chi connectivity index (χ0n) is 12.2. The van der Waals surface area contributed by atoms with E-state index in [4.69, 9.17) is 0 Å². The van der Waals surface area contributed by atoms with Crippen molar-refractivity contribution in [2.45, 2.75) is 19.3 Å². The van der Waals surface area contributed by atoms with Crippen molar-refractivity contribution in [3.63, 3.8) is 0 Å². The van der Waals surface area contributed by atoms with Crippen molar-refractivity contribution in [3.05, 3.63) is 77.2 Å². The molecule has 0 N–H and O–H groups in total. The van der Waals surface area contributed by atoms with Crippen LogP contribution in [0.4, 0.5) is 16.4 Å². The number of thiophene rings is 1. The van der Waals surface area contributed by atoms with Crippen LogP contribution in [0.1, 0.15) is 25.0 Å². The highest BCUT2D eigenvalue weighted by Crippen LogP contribution is 2.52. The average molecular weight is 291 g/mol. The van der Waals surface area contributed by atoms with Gasteiger partial charge in [-0.05, 0) is 40.8 Å². The molecule has 0 unspecified atom stereocenters. The van der Waals surface area contributed by atoms with E-state index in [9.17, 15) is 0 Å². The topological polar surface area (TPSA) is 3.24 Å². The molecule has 104 valence electrons. The van der Waals surface area contributed by atoms with Gasteiger partial charge in [-0.2, -0.15) is 0 Å². The predicted molar refractivity (Wildman–Crippen MR) is 91.1 cm³/mol. The van der Waals surface area contributed by atoms with Gasteiger partial charge in [0.1, 0.15) is 0 Å². The summed E-state index contributed by atoms with van der Waals surface area (Å²) in [4.78, 5) is 2.39. The average Bonchev–Trinajstić information content (AvgIpc) is 3.02. The second kappa shape index (κ2) is 4.47. The summed E-state index contributed by atoms with van der Waals surface area (Å²) in [7, 11) is 0. The molecule has 1 aliphatic rings.